The van der Waals surface area contributed by atoms with Crippen molar-refractivity contribution in [2.75, 3.05) is 18.1 Å². The highest BCUT2D eigenvalue weighted by atomic mass is 32.2. The van der Waals surface area contributed by atoms with E-state index < -0.39 is 21.5 Å². The van der Waals surface area contributed by atoms with Crippen molar-refractivity contribution >= 4 is 33.4 Å². The Morgan fingerprint density at radius 1 is 1.29 bits per heavy atom. The second-order valence-corrected chi connectivity index (χ2v) is 9.35. The molecule has 2 aliphatic heterocycles. The average molecular weight is 407 g/mol. The number of carbonyl (C=O) groups is 3. The normalized spacial score (nSPS) is 26.1. The van der Waals surface area contributed by atoms with Gasteiger partial charge in [-0.05, 0) is 43.4 Å². The molecular weight excluding hydrogens is 382 g/mol. The average Bonchev–Trinajstić information content (AvgIpc) is 3.14. The molecular formula is C19H25N3O5S. The Hall–Kier alpha value is -2.26. The maximum atomic E-state index is 12.5. The van der Waals surface area contributed by atoms with E-state index in [1.807, 2.05) is 6.92 Å². The van der Waals surface area contributed by atoms with Gasteiger partial charge in [0.1, 0.15) is 6.04 Å². The van der Waals surface area contributed by atoms with Crippen LogP contribution < -0.4 is 10.6 Å². The predicted molar refractivity (Wildman–Crippen MR) is 104 cm³/mol. The maximum Gasteiger partial charge on any atom is 0.242 e. The molecule has 2 fully saturated rings. The molecule has 2 saturated heterocycles. The van der Waals surface area contributed by atoms with E-state index in [2.05, 4.69) is 10.6 Å². The molecule has 2 aliphatic rings. The van der Waals surface area contributed by atoms with Crippen LogP contribution in [0.4, 0.5) is 5.69 Å². The van der Waals surface area contributed by atoms with Crippen LogP contribution in [-0.2, 0) is 29.8 Å². The van der Waals surface area contributed by atoms with E-state index in [1.54, 1.807) is 24.3 Å². The zero-order chi connectivity index (χ0) is 20.5. The molecule has 2 unspecified atom stereocenters. The summed E-state index contributed by atoms with van der Waals surface area (Å²) in [7, 11) is -3.43. The number of rotatable bonds is 5. The van der Waals surface area contributed by atoms with Gasteiger partial charge in [-0.3, -0.25) is 19.7 Å². The van der Waals surface area contributed by atoms with E-state index >= 15 is 0 Å². The van der Waals surface area contributed by atoms with Crippen LogP contribution in [-0.4, -0.2) is 49.3 Å². The highest BCUT2D eigenvalue weighted by Crippen LogP contribution is 2.36. The number of carbonyl (C=O) groups excluding carboxylic acids is 3. The zero-order valence-corrected chi connectivity index (χ0v) is 16.8. The summed E-state index contributed by atoms with van der Waals surface area (Å²) in [5.41, 5.74) is 0.568. The standard InChI is InChI=1S/C19H25N3O5S/c1-3-19(11-10-16(23)21-18(19)25)13-6-8-14(9-7-13)20-17(24)15-5-4-12-22(15)28(2,26)27/h6-9,15H,3-5,10-12H2,1-2H3,(H,20,24)(H,21,23,25). The maximum absolute atomic E-state index is 12.5. The molecule has 8 nitrogen and oxygen atoms in total. The summed E-state index contributed by atoms with van der Waals surface area (Å²) in [4.78, 5) is 36.5. The molecule has 1 aromatic rings. The van der Waals surface area contributed by atoms with Crippen LogP contribution in [0.5, 0.6) is 0 Å². The molecule has 1 aromatic carbocycles. The van der Waals surface area contributed by atoms with E-state index in [1.165, 1.54) is 4.31 Å². The van der Waals surface area contributed by atoms with Crippen molar-refractivity contribution in [2.45, 2.75) is 50.5 Å². The first kappa shape index (κ1) is 20.5. The van der Waals surface area contributed by atoms with Gasteiger partial charge in [-0.15, -0.1) is 0 Å². The summed E-state index contributed by atoms with van der Waals surface area (Å²) in [6, 6.07) is 6.25. The first-order valence-electron chi connectivity index (χ1n) is 9.40. The summed E-state index contributed by atoms with van der Waals surface area (Å²) in [5, 5.41) is 5.18. The Morgan fingerprint density at radius 2 is 1.96 bits per heavy atom. The van der Waals surface area contributed by atoms with Crippen LogP contribution in [0.15, 0.2) is 24.3 Å². The molecule has 2 atom stereocenters. The van der Waals surface area contributed by atoms with Gasteiger partial charge in [0, 0.05) is 18.7 Å². The van der Waals surface area contributed by atoms with Crippen LogP contribution >= 0.6 is 0 Å². The first-order chi connectivity index (χ1) is 13.2. The second kappa shape index (κ2) is 7.63. The lowest BCUT2D eigenvalue weighted by molar-refractivity contribution is -0.138. The number of nitrogens with zero attached hydrogens (tertiary/aromatic N) is 1. The fraction of sp³-hybridized carbons (Fsp3) is 0.526. The third-order valence-corrected chi connectivity index (χ3v) is 7.00. The number of anilines is 1. The summed E-state index contributed by atoms with van der Waals surface area (Å²) in [6.07, 6.45) is 3.55. The number of hydrogen-bond donors (Lipinski definition) is 2. The number of sulfonamides is 1. The number of amides is 3. The molecule has 9 heteroatoms. The fourth-order valence-electron chi connectivity index (χ4n) is 4.06. The van der Waals surface area contributed by atoms with E-state index in [-0.39, 0.29) is 17.7 Å². The van der Waals surface area contributed by atoms with E-state index in [0.29, 0.717) is 44.3 Å². The van der Waals surface area contributed by atoms with Crippen molar-refractivity contribution in [3.8, 4) is 0 Å². The summed E-state index contributed by atoms with van der Waals surface area (Å²) < 4.78 is 24.9. The second-order valence-electron chi connectivity index (χ2n) is 7.41. The summed E-state index contributed by atoms with van der Waals surface area (Å²) in [5.74, 6) is -0.912. The third-order valence-electron chi connectivity index (χ3n) is 5.71. The van der Waals surface area contributed by atoms with Crippen molar-refractivity contribution in [2.24, 2.45) is 0 Å². The first-order valence-corrected chi connectivity index (χ1v) is 11.2. The lowest BCUT2D eigenvalue weighted by atomic mass is 9.72. The van der Waals surface area contributed by atoms with Gasteiger partial charge in [0.2, 0.25) is 27.7 Å². The molecule has 28 heavy (non-hydrogen) atoms. The van der Waals surface area contributed by atoms with Crippen LogP contribution in [0, 0.1) is 0 Å². The van der Waals surface area contributed by atoms with Gasteiger partial charge >= 0.3 is 0 Å². The monoisotopic (exact) mass is 407 g/mol. The van der Waals surface area contributed by atoms with Gasteiger partial charge in [0.25, 0.3) is 0 Å². The Bertz CT molecular complexity index is 897. The number of benzene rings is 1. The molecule has 3 rings (SSSR count). The van der Waals surface area contributed by atoms with Gasteiger partial charge in [-0.2, -0.15) is 4.31 Å². The molecule has 0 saturated carbocycles. The third kappa shape index (κ3) is 3.81. The Morgan fingerprint density at radius 3 is 2.54 bits per heavy atom. The minimum absolute atomic E-state index is 0.259. The quantitative estimate of drug-likeness (QED) is 0.711. The van der Waals surface area contributed by atoms with Crippen molar-refractivity contribution in [1.82, 2.24) is 9.62 Å². The Balaban J connectivity index is 1.75. The van der Waals surface area contributed by atoms with Gasteiger partial charge in [-0.1, -0.05) is 19.1 Å². The van der Waals surface area contributed by atoms with Gasteiger partial charge in [0.15, 0.2) is 0 Å². The lowest BCUT2D eigenvalue weighted by Gasteiger charge is -2.35. The van der Waals surface area contributed by atoms with Crippen molar-refractivity contribution < 1.29 is 22.8 Å². The van der Waals surface area contributed by atoms with E-state index in [0.717, 1.165) is 11.8 Å². The summed E-state index contributed by atoms with van der Waals surface area (Å²) >= 11 is 0. The largest absolute Gasteiger partial charge is 0.325 e. The lowest BCUT2D eigenvalue weighted by Crippen LogP contribution is -2.51. The minimum Gasteiger partial charge on any atom is -0.325 e. The number of imide groups is 1. The van der Waals surface area contributed by atoms with Gasteiger partial charge < -0.3 is 5.32 Å². The number of nitrogens with one attached hydrogen (secondary N) is 2. The van der Waals surface area contributed by atoms with Crippen LogP contribution in [0.3, 0.4) is 0 Å². The number of piperidine rings is 1. The Labute approximate surface area is 164 Å². The molecule has 0 aromatic heterocycles. The summed E-state index contributed by atoms with van der Waals surface area (Å²) in [6.45, 7) is 2.26. The highest BCUT2D eigenvalue weighted by Gasteiger charge is 2.42. The SMILES string of the molecule is CCC1(c2ccc(NC(=O)C3CCCN3S(C)(=O)=O)cc2)CCC(=O)NC1=O. The Kier molecular flexibility index (Phi) is 5.58. The van der Waals surface area contributed by atoms with Gasteiger partial charge in [-0.25, -0.2) is 8.42 Å². The van der Waals surface area contributed by atoms with Crippen LogP contribution in [0.25, 0.3) is 0 Å². The number of hydrogen-bond acceptors (Lipinski definition) is 5. The molecule has 2 heterocycles. The topological polar surface area (TPSA) is 113 Å². The highest BCUT2D eigenvalue weighted by molar-refractivity contribution is 7.88. The van der Waals surface area contributed by atoms with Crippen molar-refractivity contribution in [3.63, 3.8) is 0 Å². The zero-order valence-electron chi connectivity index (χ0n) is 16.0. The van der Waals surface area contributed by atoms with Crippen molar-refractivity contribution in [3.05, 3.63) is 29.8 Å². The minimum atomic E-state index is -3.43. The van der Waals surface area contributed by atoms with Crippen LogP contribution in [0.1, 0.15) is 44.6 Å². The molecule has 0 bridgehead atoms. The van der Waals surface area contributed by atoms with E-state index in [9.17, 15) is 22.8 Å². The molecule has 3 amide bonds. The molecule has 0 radical (unpaired) electrons. The smallest absolute Gasteiger partial charge is 0.242 e. The predicted octanol–water partition coefficient (Wildman–Crippen LogP) is 1.13. The molecule has 0 spiro atoms. The molecule has 152 valence electrons. The van der Waals surface area contributed by atoms with Crippen LogP contribution in [0.2, 0.25) is 0 Å². The van der Waals surface area contributed by atoms with Crippen molar-refractivity contribution in [1.29, 1.82) is 0 Å². The fourth-order valence-corrected chi connectivity index (χ4v) is 5.19. The van der Waals surface area contributed by atoms with E-state index in [4.69, 9.17) is 0 Å². The molecule has 2 N–H and O–H groups in total. The van der Waals surface area contributed by atoms with Gasteiger partial charge in [0.05, 0.1) is 11.7 Å². The molecule has 0 aliphatic carbocycles.